The van der Waals surface area contributed by atoms with Gasteiger partial charge in [0.25, 0.3) is 0 Å². The van der Waals surface area contributed by atoms with Crippen molar-refractivity contribution in [3.8, 4) is 11.3 Å². The second kappa shape index (κ2) is 4.15. The maximum Gasteiger partial charge on any atom is 0.123 e. The fourth-order valence-corrected chi connectivity index (χ4v) is 4.62. The summed E-state index contributed by atoms with van der Waals surface area (Å²) in [6, 6.07) is 7.05. The number of hydrogen-bond acceptors (Lipinski definition) is 2. The van der Waals surface area contributed by atoms with Gasteiger partial charge in [-0.2, -0.15) is 10.2 Å². The molecule has 0 aliphatic heterocycles. The Labute approximate surface area is 130 Å². The molecule has 2 bridgehead atoms. The Morgan fingerprint density at radius 1 is 1.14 bits per heavy atom. The summed E-state index contributed by atoms with van der Waals surface area (Å²) in [5.74, 6) is 0.352. The van der Waals surface area contributed by atoms with E-state index < -0.39 is 0 Å². The van der Waals surface area contributed by atoms with Crippen LogP contribution in [0.25, 0.3) is 11.3 Å². The molecule has 0 N–H and O–H groups in total. The summed E-state index contributed by atoms with van der Waals surface area (Å²) in [6.45, 7) is 8.96. The molecule has 0 unspecified atom stereocenters. The van der Waals surface area contributed by atoms with E-state index in [1.165, 1.54) is 30.2 Å². The van der Waals surface area contributed by atoms with Gasteiger partial charge in [0.1, 0.15) is 5.82 Å². The minimum atomic E-state index is -0.205. The number of aryl methyl sites for hydroxylation is 1. The number of hydrogen-bond donors (Lipinski definition) is 0. The zero-order valence-electron chi connectivity index (χ0n) is 13.6. The minimum Gasteiger partial charge on any atom is -0.207 e. The zero-order valence-corrected chi connectivity index (χ0v) is 13.6. The maximum absolute atomic E-state index is 13.3. The molecule has 4 rings (SSSR count). The van der Waals surface area contributed by atoms with Crippen LogP contribution in [0.2, 0.25) is 0 Å². The average Bonchev–Trinajstić information content (AvgIpc) is 2.78. The van der Waals surface area contributed by atoms with E-state index >= 15 is 0 Å². The summed E-state index contributed by atoms with van der Waals surface area (Å²) in [5.41, 5.74) is 5.65. The number of rotatable bonds is 1. The normalized spacial score (nSPS) is 28.0. The first-order valence-electron chi connectivity index (χ1n) is 7.99. The predicted molar refractivity (Wildman–Crippen MR) is 85.3 cm³/mol. The highest BCUT2D eigenvalue weighted by molar-refractivity contribution is 5.65. The average molecular weight is 296 g/mol. The van der Waals surface area contributed by atoms with Crippen LogP contribution in [0, 0.1) is 18.2 Å². The minimum absolute atomic E-state index is 0.135. The molecule has 2 aliphatic rings. The van der Waals surface area contributed by atoms with E-state index in [0.717, 1.165) is 16.8 Å². The number of halogens is 1. The van der Waals surface area contributed by atoms with Gasteiger partial charge in [0.05, 0.1) is 11.4 Å². The first-order chi connectivity index (χ1) is 10.3. The molecular weight excluding hydrogens is 275 g/mol. The maximum atomic E-state index is 13.3. The first-order valence-corrected chi connectivity index (χ1v) is 7.99. The molecule has 2 aromatic rings. The van der Waals surface area contributed by atoms with Crippen molar-refractivity contribution < 1.29 is 4.39 Å². The lowest BCUT2D eigenvalue weighted by atomic mass is 9.70. The predicted octanol–water partition coefficient (Wildman–Crippen LogP) is 4.77. The molecule has 22 heavy (non-hydrogen) atoms. The fourth-order valence-electron chi connectivity index (χ4n) is 4.62. The molecule has 1 aromatic carbocycles. The third-order valence-electron chi connectivity index (χ3n) is 6.41. The Morgan fingerprint density at radius 3 is 2.64 bits per heavy atom. The van der Waals surface area contributed by atoms with E-state index in [1.807, 2.05) is 6.92 Å². The third kappa shape index (κ3) is 1.54. The van der Waals surface area contributed by atoms with Gasteiger partial charge in [0.2, 0.25) is 0 Å². The standard InChI is InChI=1S/C19H21FN2/c1-11-9-12(20)5-6-13(11)16-10-14-15-7-8-19(4,18(15,2)3)17(14)22-21-16/h5-6,9-10,15H,7-8H2,1-4H3/t15-,19+/m0/s1. The fraction of sp³-hybridized carbons (Fsp3) is 0.474. The van der Waals surface area contributed by atoms with Gasteiger partial charge in [-0.1, -0.05) is 20.8 Å². The van der Waals surface area contributed by atoms with Crippen molar-refractivity contribution in [2.75, 3.05) is 0 Å². The molecule has 2 nitrogen and oxygen atoms in total. The van der Waals surface area contributed by atoms with Gasteiger partial charge in [0.15, 0.2) is 0 Å². The Morgan fingerprint density at radius 2 is 1.91 bits per heavy atom. The van der Waals surface area contributed by atoms with E-state index in [1.54, 1.807) is 12.1 Å². The van der Waals surface area contributed by atoms with Crippen LogP contribution in [0.4, 0.5) is 4.39 Å². The number of benzene rings is 1. The van der Waals surface area contributed by atoms with Crippen LogP contribution < -0.4 is 0 Å². The number of fused-ring (bicyclic) bond motifs is 5. The van der Waals surface area contributed by atoms with Gasteiger partial charge in [0, 0.05) is 11.0 Å². The lowest BCUT2D eigenvalue weighted by Crippen LogP contribution is -2.32. The van der Waals surface area contributed by atoms with Crippen molar-refractivity contribution in [1.82, 2.24) is 10.2 Å². The van der Waals surface area contributed by atoms with Crippen molar-refractivity contribution in [3.05, 3.63) is 46.9 Å². The van der Waals surface area contributed by atoms with Crippen LogP contribution in [-0.4, -0.2) is 10.2 Å². The Kier molecular flexibility index (Phi) is 2.62. The molecule has 1 saturated carbocycles. The Balaban J connectivity index is 1.87. The van der Waals surface area contributed by atoms with E-state index in [9.17, 15) is 4.39 Å². The zero-order chi connectivity index (χ0) is 15.7. The molecular formula is C19H21FN2. The Bertz CT molecular complexity index is 781. The Hall–Kier alpha value is -1.77. The molecule has 0 amide bonds. The van der Waals surface area contributed by atoms with Crippen molar-refractivity contribution in [2.24, 2.45) is 5.41 Å². The SMILES string of the molecule is Cc1cc(F)ccc1-c1cc2c(nn1)[C@@]1(C)CC[C@@H]2C1(C)C. The van der Waals surface area contributed by atoms with Crippen molar-refractivity contribution in [3.63, 3.8) is 0 Å². The van der Waals surface area contributed by atoms with E-state index in [-0.39, 0.29) is 16.6 Å². The van der Waals surface area contributed by atoms with Crippen LogP contribution in [0.5, 0.6) is 0 Å². The smallest absolute Gasteiger partial charge is 0.123 e. The van der Waals surface area contributed by atoms with Crippen LogP contribution >= 0.6 is 0 Å². The lowest BCUT2D eigenvalue weighted by Gasteiger charge is -2.33. The molecule has 1 fully saturated rings. The topological polar surface area (TPSA) is 25.8 Å². The van der Waals surface area contributed by atoms with Gasteiger partial charge in [-0.05, 0) is 66.5 Å². The second-order valence-electron chi connectivity index (χ2n) is 7.64. The summed E-state index contributed by atoms with van der Waals surface area (Å²) < 4.78 is 13.3. The molecule has 2 aliphatic carbocycles. The third-order valence-corrected chi connectivity index (χ3v) is 6.41. The van der Waals surface area contributed by atoms with Gasteiger partial charge < -0.3 is 0 Å². The molecule has 3 heteroatoms. The highest BCUT2D eigenvalue weighted by atomic mass is 19.1. The van der Waals surface area contributed by atoms with Crippen LogP contribution in [-0.2, 0) is 5.41 Å². The molecule has 114 valence electrons. The highest BCUT2D eigenvalue weighted by Crippen LogP contribution is 2.67. The molecule has 1 heterocycles. The molecule has 1 aromatic heterocycles. The van der Waals surface area contributed by atoms with Gasteiger partial charge in [-0.3, -0.25) is 0 Å². The monoisotopic (exact) mass is 296 g/mol. The lowest BCUT2D eigenvalue weighted by molar-refractivity contribution is 0.226. The van der Waals surface area contributed by atoms with Gasteiger partial charge in [-0.15, -0.1) is 0 Å². The van der Waals surface area contributed by atoms with Gasteiger partial charge >= 0.3 is 0 Å². The summed E-state index contributed by atoms with van der Waals surface area (Å²) >= 11 is 0. The number of aromatic nitrogens is 2. The summed E-state index contributed by atoms with van der Waals surface area (Å²) in [5, 5.41) is 9.07. The van der Waals surface area contributed by atoms with E-state index in [4.69, 9.17) is 0 Å². The number of nitrogens with zero attached hydrogens (tertiary/aromatic N) is 2. The van der Waals surface area contributed by atoms with Crippen LogP contribution in [0.15, 0.2) is 24.3 Å². The molecule has 0 radical (unpaired) electrons. The summed E-state index contributed by atoms with van der Waals surface area (Å²) in [6.07, 6.45) is 2.42. The molecule has 0 spiro atoms. The molecule has 0 saturated heterocycles. The van der Waals surface area contributed by atoms with Crippen molar-refractivity contribution in [2.45, 2.75) is 51.9 Å². The summed E-state index contributed by atoms with van der Waals surface area (Å²) in [7, 11) is 0. The quantitative estimate of drug-likeness (QED) is 0.758. The van der Waals surface area contributed by atoms with Crippen molar-refractivity contribution >= 4 is 0 Å². The highest BCUT2D eigenvalue weighted by Gasteiger charge is 2.60. The van der Waals surface area contributed by atoms with Crippen molar-refractivity contribution in [1.29, 1.82) is 0 Å². The van der Waals surface area contributed by atoms with Gasteiger partial charge in [-0.25, -0.2) is 4.39 Å². The first kappa shape index (κ1) is 13.9. The van der Waals surface area contributed by atoms with E-state index in [2.05, 4.69) is 37.0 Å². The van der Waals surface area contributed by atoms with Crippen LogP contribution in [0.3, 0.4) is 0 Å². The molecule has 2 atom stereocenters. The van der Waals surface area contributed by atoms with Crippen LogP contribution in [0.1, 0.15) is 56.4 Å². The summed E-state index contributed by atoms with van der Waals surface area (Å²) in [4.78, 5) is 0. The largest absolute Gasteiger partial charge is 0.207 e. The van der Waals surface area contributed by atoms with E-state index in [0.29, 0.717) is 5.92 Å². The second-order valence-corrected chi connectivity index (χ2v) is 7.64.